The summed E-state index contributed by atoms with van der Waals surface area (Å²) in [6, 6.07) is 12.2. The number of hydrogen-bond donors (Lipinski definition) is 1. The van der Waals surface area contributed by atoms with E-state index in [2.05, 4.69) is 5.27 Å². The van der Waals surface area contributed by atoms with Crippen LogP contribution in [-0.4, -0.2) is 40.8 Å². The van der Waals surface area contributed by atoms with Gasteiger partial charge >= 0.3 is 17.2 Å². The number of ether oxygens (including phenoxy) is 1. The SMILES string of the molecule is COc1ccc(-[n+]2[nH]oc(=O)c2C(=O)N2CC3CC(C2)c2cccc(=O)n2C3)cc1. The first-order valence-electron chi connectivity index (χ1n) is 9.82. The molecule has 2 aliphatic heterocycles. The average Bonchev–Trinajstić information content (AvgIpc) is 3.15. The van der Waals surface area contributed by atoms with Crippen molar-refractivity contribution in [1.29, 1.82) is 0 Å². The summed E-state index contributed by atoms with van der Waals surface area (Å²) in [5, 5.41) is 2.52. The number of H-pyrrole nitrogens is 1. The van der Waals surface area contributed by atoms with Crippen LogP contribution in [0.15, 0.2) is 56.6 Å². The second-order valence-electron chi connectivity index (χ2n) is 7.77. The zero-order valence-electron chi connectivity index (χ0n) is 16.4. The number of likely N-dealkylation sites (tertiary alicyclic amines) is 1. The minimum Gasteiger partial charge on any atom is -0.497 e. The highest BCUT2D eigenvalue weighted by Gasteiger charge is 2.41. The maximum Gasteiger partial charge on any atom is 0.441 e. The maximum absolute atomic E-state index is 13.3. The Labute approximate surface area is 171 Å². The summed E-state index contributed by atoms with van der Waals surface area (Å²) in [5.41, 5.74) is 0.721. The van der Waals surface area contributed by atoms with E-state index in [0.717, 1.165) is 12.1 Å². The van der Waals surface area contributed by atoms with Gasteiger partial charge in [-0.25, -0.2) is 4.79 Å². The van der Waals surface area contributed by atoms with Crippen molar-refractivity contribution in [3.8, 4) is 11.4 Å². The lowest BCUT2D eigenvalue weighted by Crippen LogP contribution is -2.52. The molecule has 9 nitrogen and oxygen atoms in total. The fourth-order valence-electron chi connectivity index (χ4n) is 4.58. The highest BCUT2D eigenvalue weighted by molar-refractivity contribution is 5.90. The number of aromatic amines is 1. The van der Waals surface area contributed by atoms with Gasteiger partial charge < -0.3 is 14.2 Å². The Balaban J connectivity index is 1.47. The number of rotatable bonds is 3. The van der Waals surface area contributed by atoms with E-state index >= 15 is 0 Å². The molecule has 2 aromatic heterocycles. The zero-order chi connectivity index (χ0) is 20.8. The number of benzene rings is 1. The molecular weight excluding hydrogens is 388 g/mol. The van der Waals surface area contributed by atoms with Gasteiger partial charge in [-0.15, -0.1) is 0 Å². The van der Waals surface area contributed by atoms with Crippen molar-refractivity contribution in [2.24, 2.45) is 5.92 Å². The van der Waals surface area contributed by atoms with Crippen LogP contribution in [0, 0.1) is 5.92 Å². The molecule has 2 aliphatic rings. The van der Waals surface area contributed by atoms with E-state index in [0.29, 0.717) is 31.1 Å². The number of carbonyl (C=O) groups excluding carboxylic acids is 1. The quantitative estimate of drug-likeness (QED) is 0.641. The second-order valence-corrected chi connectivity index (χ2v) is 7.77. The van der Waals surface area contributed by atoms with Gasteiger partial charge in [0.1, 0.15) is 5.75 Å². The van der Waals surface area contributed by atoms with Gasteiger partial charge in [0.05, 0.1) is 7.11 Å². The van der Waals surface area contributed by atoms with E-state index in [-0.39, 0.29) is 29.0 Å². The lowest BCUT2D eigenvalue weighted by Gasteiger charge is -2.42. The third-order valence-corrected chi connectivity index (χ3v) is 5.95. The fourth-order valence-corrected chi connectivity index (χ4v) is 4.58. The van der Waals surface area contributed by atoms with E-state index < -0.39 is 5.63 Å². The van der Waals surface area contributed by atoms with Gasteiger partial charge in [0.15, 0.2) is 0 Å². The Morgan fingerprint density at radius 1 is 1.13 bits per heavy atom. The largest absolute Gasteiger partial charge is 0.497 e. The standard InChI is InChI=1S/C21H20N4O5/c1-29-16-7-5-15(6-8-16)25-19(21(28)30-22-25)20(27)23-10-13-9-14(12-23)17-3-2-4-18(26)24(17)11-13/h2-8,13-14H,9-12H2,1H3/p+1. The average molecular weight is 409 g/mol. The lowest BCUT2D eigenvalue weighted by atomic mass is 9.83. The number of methoxy groups -OCH3 is 1. The normalized spacial score (nSPS) is 20.0. The van der Waals surface area contributed by atoms with Crippen LogP contribution in [0.4, 0.5) is 0 Å². The van der Waals surface area contributed by atoms with Gasteiger partial charge in [0.2, 0.25) is 5.69 Å². The molecule has 9 heteroatoms. The molecule has 0 aliphatic carbocycles. The Morgan fingerprint density at radius 3 is 2.70 bits per heavy atom. The first-order valence-corrected chi connectivity index (χ1v) is 9.82. The summed E-state index contributed by atoms with van der Waals surface area (Å²) in [4.78, 5) is 39.6. The van der Waals surface area contributed by atoms with Crippen LogP contribution >= 0.6 is 0 Å². The Bertz CT molecular complexity index is 1220. The predicted octanol–water partition coefficient (Wildman–Crippen LogP) is 0.674. The van der Waals surface area contributed by atoms with Gasteiger partial charge in [-0.2, -0.15) is 0 Å². The first kappa shape index (κ1) is 18.4. The molecule has 3 aromatic rings. The molecular formula is C21H21N4O5+. The Hall–Kier alpha value is -3.62. The molecule has 154 valence electrons. The van der Waals surface area contributed by atoms with E-state index in [1.807, 2.05) is 10.6 Å². The van der Waals surface area contributed by atoms with E-state index in [4.69, 9.17) is 9.26 Å². The predicted molar refractivity (Wildman–Crippen MR) is 105 cm³/mol. The molecule has 0 spiro atoms. The summed E-state index contributed by atoms with van der Waals surface area (Å²) in [6.07, 6.45) is 0.924. The van der Waals surface area contributed by atoms with E-state index in [1.54, 1.807) is 48.4 Å². The number of nitrogens with zero attached hydrogens (tertiary/aromatic N) is 3. The summed E-state index contributed by atoms with van der Waals surface area (Å²) < 4.78 is 13.3. The number of pyridine rings is 1. The highest BCUT2D eigenvalue weighted by atomic mass is 16.5. The lowest BCUT2D eigenvalue weighted by molar-refractivity contribution is -0.672. The molecule has 2 unspecified atom stereocenters. The van der Waals surface area contributed by atoms with Gasteiger partial charge in [0.25, 0.3) is 5.56 Å². The molecule has 1 saturated heterocycles. The van der Waals surface area contributed by atoms with Crippen LogP contribution in [0.3, 0.4) is 0 Å². The monoisotopic (exact) mass is 409 g/mol. The van der Waals surface area contributed by atoms with Crippen molar-refractivity contribution in [2.45, 2.75) is 18.9 Å². The minimum atomic E-state index is -0.719. The topological polar surface area (TPSA) is 101 Å². The van der Waals surface area contributed by atoms with Gasteiger partial charge in [-0.1, -0.05) is 6.07 Å². The van der Waals surface area contributed by atoms with Crippen molar-refractivity contribution >= 4 is 5.91 Å². The van der Waals surface area contributed by atoms with Crippen LogP contribution < -0.4 is 20.6 Å². The van der Waals surface area contributed by atoms with Crippen LogP contribution in [0.2, 0.25) is 0 Å². The molecule has 1 fully saturated rings. The van der Waals surface area contributed by atoms with Crippen molar-refractivity contribution in [3.05, 3.63) is 74.6 Å². The first-order chi connectivity index (χ1) is 14.5. The van der Waals surface area contributed by atoms with Crippen molar-refractivity contribution in [3.63, 3.8) is 0 Å². The van der Waals surface area contributed by atoms with Gasteiger partial charge in [0, 0.05) is 49.4 Å². The molecule has 0 saturated carbocycles. The molecule has 1 N–H and O–H groups in total. The van der Waals surface area contributed by atoms with Crippen molar-refractivity contribution in [2.75, 3.05) is 20.2 Å². The van der Waals surface area contributed by atoms with Crippen LogP contribution in [-0.2, 0) is 6.54 Å². The van der Waals surface area contributed by atoms with E-state index in [1.165, 1.54) is 4.68 Å². The highest BCUT2D eigenvalue weighted by Crippen LogP contribution is 2.35. The van der Waals surface area contributed by atoms with Crippen molar-refractivity contribution in [1.82, 2.24) is 14.7 Å². The number of nitrogens with one attached hydrogen (secondary N) is 1. The summed E-state index contributed by atoms with van der Waals surface area (Å²) in [7, 11) is 1.57. The number of fused-ring (bicyclic) bond motifs is 4. The number of piperidine rings is 1. The van der Waals surface area contributed by atoms with Crippen LogP contribution in [0.1, 0.15) is 28.5 Å². The molecule has 0 radical (unpaired) electrons. The number of amides is 1. The molecule has 1 aromatic carbocycles. The molecule has 2 bridgehead atoms. The summed E-state index contributed by atoms with van der Waals surface area (Å²) >= 11 is 0. The number of carbonyl (C=O) groups is 1. The number of aromatic nitrogens is 3. The summed E-state index contributed by atoms with van der Waals surface area (Å²) in [6.45, 7) is 1.52. The van der Waals surface area contributed by atoms with Crippen LogP contribution in [0.5, 0.6) is 5.75 Å². The summed E-state index contributed by atoms with van der Waals surface area (Å²) in [5.74, 6) is 0.509. The maximum atomic E-state index is 13.3. The Kier molecular flexibility index (Phi) is 4.30. The number of hydrogen-bond acceptors (Lipinski definition) is 5. The minimum absolute atomic E-state index is 0.00870. The third kappa shape index (κ3) is 2.94. The fraction of sp³-hybridized carbons (Fsp3) is 0.333. The van der Waals surface area contributed by atoms with Gasteiger partial charge in [-0.05, 0) is 40.5 Å². The second kappa shape index (κ2) is 7.01. The smallest absolute Gasteiger partial charge is 0.441 e. The zero-order valence-corrected chi connectivity index (χ0v) is 16.4. The van der Waals surface area contributed by atoms with Crippen molar-refractivity contribution < 1.29 is 18.7 Å². The molecule has 1 amide bonds. The Morgan fingerprint density at radius 2 is 1.93 bits per heavy atom. The molecule has 4 heterocycles. The van der Waals surface area contributed by atoms with Gasteiger partial charge in [-0.3, -0.25) is 14.1 Å². The van der Waals surface area contributed by atoms with E-state index in [9.17, 15) is 14.4 Å². The third-order valence-electron chi connectivity index (χ3n) is 5.95. The molecule has 30 heavy (non-hydrogen) atoms. The van der Waals surface area contributed by atoms with Crippen LogP contribution in [0.25, 0.3) is 5.69 Å². The molecule has 2 atom stereocenters. The molecule has 5 rings (SSSR count).